The summed E-state index contributed by atoms with van der Waals surface area (Å²) in [5, 5.41) is 9.74. The van der Waals surface area contributed by atoms with Crippen LogP contribution in [0.2, 0.25) is 0 Å². The first kappa shape index (κ1) is 21.0. The quantitative estimate of drug-likeness (QED) is 0.587. The first-order chi connectivity index (χ1) is 13.9. The fourth-order valence-electron chi connectivity index (χ4n) is 3.32. The van der Waals surface area contributed by atoms with E-state index in [2.05, 4.69) is 18.0 Å². The molecular formula is C23H26N2O3S. The van der Waals surface area contributed by atoms with Gasteiger partial charge in [-0.25, -0.2) is 4.79 Å². The second kappa shape index (κ2) is 9.18. The third-order valence-corrected chi connectivity index (χ3v) is 6.01. The van der Waals surface area contributed by atoms with E-state index in [4.69, 9.17) is 0 Å². The molecule has 1 amide bonds. The lowest BCUT2D eigenvalue weighted by Gasteiger charge is -2.13. The van der Waals surface area contributed by atoms with Crippen LogP contribution in [-0.2, 0) is 11.2 Å². The van der Waals surface area contributed by atoms with Crippen LogP contribution in [0.5, 0.6) is 0 Å². The zero-order valence-corrected chi connectivity index (χ0v) is 17.8. The van der Waals surface area contributed by atoms with Crippen LogP contribution in [0.1, 0.15) is 60.6 Å². The van der Waals surface area contributed by atoms with Gasteiger partial charge in [0.2, 0.25) is 0 Å². The molecule has 1 atom stereocenters. The summed E-state index contributed by atoms with van der Waals surface area (Å²) < 4.78 is 2.65. The highest BCUT2D eigenvalue weighted by Crippen LogP contribution is 2.25. The van der Waals surface area contributed by atoms with Crippen molar-refractivity contribution >= 4 is 33.4 Å². The summed E-state index contributed by atoms with van der Waals surface area (Å²) in [6.45, 7) is 5.95. The highest BCUT2D eigenvalue weighted by Gasteiger charge is 2.22. The molecule has 1 unspecified atom stereocenters. The number of aryl methyl sites for hydroxylation is 2. The minimum Gasteiger partial charge on any atom is -0.480 e. The van der Waals surface area contributed by atoms with Crippen molar-refractivity contribution in [1.82, 2.24) is 4.57 Å². The predicted molar refractivity (Wildman–Crippen MR) is 116 cm³/mol. The van der Waals surface area contributed by atoms with Gasteiger partial charge in [0.1, 0.15) is 6.04 Å². The second-order valence-corrected chi connectivity index (χ2v) is 8.21. The molecule has 3 aromatic rings. The molecule has 0 spiro atoms. The maximum atomic E-state index is 12.7. The van der Waals surface area contributed by atoms with E-state index < -0.39 is 12.0 Å². The fourth-order valence-corrected chi connectivity index (χ4v) is 4.45. The average Bonchev–Trinajstić information content (AvgIpc) is 3.04. The fraction of sp³-hybridized carbons (Fsp3) is 0.348. The third-order valence-electron chi connectivity index (χ3n) is 4.99. The van der Waals surface area contributed by atoms with E-state index in [1.54, 1.807) is 16.7 Å². The molecule has 1 aromatic heterocycles. The Morgan fingerprint density at radius 2 is 1.86 bits per heavy atom. The van der Waals surface area contributed by atoms with Gasteiger partial charge in [-0.15, -0.1) is 0 Å². The number of nitrogens with zero attached hydrogens (tertiary/aromatic N) is 2. The second-order valence-electron chi connectivity index (χ2n) is 7.21. The van der Waals surface area contributed by atoms with Gasteiger partial charge in [0.05, 0.1) is 10.2 Å². The van der Waals surface area contributed by atoms with E-state index in [0.29, 0.717) is 16.8 Å². The lowest BCUT2D eigenvalue weighted by molar-refractivity contribution is -0.140. The molecule has 0 radical (unpaired) electrons. The van der Waals surface area contributed by atoms with Crippen LogP contribution in [0.15, 0.2) is 47.5 Å². The molecule has 152 valence electrons. The number of thiazole rings is 1. The number of amides is 1. The number of rotatable bonds is 7. The number of hydrogen-bond donors (Lipinski definition) is 1. The minimum atomic E-state index is -0.925. The molecular weight excluding hydrogens is 384 g/mol. The summed E-state index contributed by atoms with van der Waals surface area (Å²) in [6.07, 6.45) is 3.61. The van der Waals surface area contributed by atoms with Gasteiger partial charge in [-0.05, 0) is 56.0 Å². The Hall–Kier alpha value is -2.73. The first-order valence-corrected chi connectivity index (χ1v) is 10.8. The lowest BCUT2D eigenvalue weighted by atomic mass is 10.1. The molecule has 0 aliphatic heterocycles. The summed E-state index contributed by atoms with van der Waals surface area (Å²) in [4.78, 5) is 29.3. The topological polar surface area (TPSA) is 71.7 Å². The Bertz CT molecular complexity index is 1090. The van der Waals surface area contributed by atoms with Gasteiger partial charge in [-0.2, -0.15) is 4.99 Å². The summed E-state index contributed by atoms with van der Waals surface area (Å²) in [7, 11) is 0. The summed E-state index contributed by atoms with van der Waals surface area (Å²) in [6, 6.07) is 12.6. The number of carbonyl (C=O) groups excluding carboxylic acids is 1. The average molecular weight is 411 g/mol. The smallest absolute Gasteiger partial charge is 0.326 e. The number of unbranched alkanes of at least 4 members (excludes halogenated alkanes) is 1. The van der Waals surface area contributed by atoms with E-state index in [1.165, 1.54) is 16.9 Å². The number of aliphatic carboxylic acids is 1. The molecule has 3 rings (SSSR count). The van der Waals surface area contributed by atoms with Crippen LogP contribution < -0.4 is 4.80 Å². The Balaban J connectivity index is 2.16. The number of carboxylic acids is 1. The molecule has 0 aliphatic carbocycles. The molecule has 29 heavy (non-hydrogen) atoms. The summed E-state index contributed by atoms with van der Waals surface area (Å²) in [5.74, 6) is -1.29. The van der Waals surface area contributed by atoms with Gasteiger partial charge in [-0.1, -0.05) is 55.4 Å². The Kier molecular flexibility index (Phi) is 6.64. The summed E-state index contributed by atoms with van der Waals surface area (Å²) >= 11 is 1.37. The summed E-state index contributed by atoms with van der Waals surface area (Å²) in [5.41, 5.74) is 3.58. The zero-order chi connectivity index (χ0) is 21.0. The van der Waals surface area contributed by atoms with Gasteiger partial charge in [0.25, 0.3) is 5.91 Å². The zero-order valence-electron chi connectivity index (χ0n) is 17.0. The SMILES string of the molecule is CCCCc1ccc2c(c1)sc(=NC(=O)c1ccc(C)cc1)n2C(CC)C(=O)O. The lowest BCUT2D eigenvalue weighted by Crippen LogP contribution is -2.27. The molecule has 0 bridgehead atoms. The highest BCUT2D eigenvalue weighted by atomic mass is 32.1. The van der Waals surface area contributed by atoms with Gasteiger partial charge in [-0.3, -0.25) is 4.79 Å². The first-order valence-electron chi connectivity index (χ1n) is 9.97. The van der Waals surface area contributed by atoms with E-state index in [-0.39, 0.29) is 5.91 Å². The van der Waals surface area contributed by atoms with Crippen molar-refractivity contribution in [2.24, 2.45) is 4.99 Å². The number of carboxylic acid groups (broad SMARTS) is 1. The predicted octanol–water partition coefficient (Wildman–Crippen LogP) is 5.13. The third kappa shape index (κ3) is 4.65. The number of benzene rings is 2. The Morgan fingerprint density at radius 1 is 1.14 bits per heavy atom. The number of aromatic nitrogens is 1. The van der Waals surface area contributed by atoms with Crippen molar-refractivity contribution in [3.63, 3.8) is 0 Å². The molecule has 1 N–H and O–H groups in total. The van der Waals surface area contributed by atoms with E-state index >= 15 is 0 Å². The van der Waals surface area contributed by atoms with Crippen molar-refractivity contribution in [1.29, 1.82) is 0 Å². The van der Waals surface area contributed by atoms with Crippen LogP contribution >= 0.6 is 11.3 Å². The van der Waals surface area contributed by atoms with Crippen LogP contribution in [0.4, 0.5) is 0 Å². The van der Waals surface area contributed by atoms with Gasteiger partial charge >= 0.3 is 5.97 Å². The van der Waals surface area contributed by atoms with Crippen LogP contribution in [-0.4, -0.2) is 21.6 Å². The standard InChI is InChI=1S/C23H26N2O3S/c1-4-6-7-16-10-13-19-20(14-16)29-23(25(19)18(5-2)22(27)28)24-21(26)17-11-8-15(3)9-12-17/h8-14,18H,4-7H2,1-3H3,(H,27,28). The molecule has 0 fully saturated rings. The largest absolute Gasteiger partial charge is 0.480 e. The van der Waals surface area contributed by atoms with Gasteiger partial charge in [0.15, 0.2) is 4.80 Å². The van der Waals surface area contributed by atoms with Crippen LogP contribution in [0.3, 0.4) is 0 Å². The molecule has 6 heteroatoms. The van der Waals surface area contributed by atoms with Gasteiger partial charge < -0.3 is 9.67 Å². The molecule has 0 aliphatic rings. The van der Waals surface area contributed by atoms with Crippen molar-refractivity contribution in [2.75, 3.05) is 0 Å². The van der Waals surface area contributed by atoms with Crippen LogP contribution in [0.25, 0.3) is 10.2 Å². The van der Waals surface area contributed by atoms with E-state index in [0.717, 1.165) is 35.0 Å². The molecule has 0 saturated heterocycles. The van der Waals surface area contributed by atoms with E-state index in [9.17, 15) is 14.7 Å². The minimum absolute atomic E-state index is 0.364. The van der Waals surface area contributed by atoms with E-state index in [1.807, 2.05) is 38.1 Å². The highest BCUT2D eigenvalue weighted by molar-refractivity contribution is 7.16. The number of carbonyl (C=O) groups is 2. The molecule has 5 nitrogen and oxygen atoms in total. The number of hydrogen-bond acceptors (Lipinski definition) is 3. The normalized spacial score (nSPS) is 13.0. The molecule has 1 heterocycles. The van der Waals surface area contributed by atoms with Crippen molar-refractivity contribution in [3.8, 4) is 0 Å². The maximum Gasteiger partial charge on any atom is 0.326 e. The maximum absolute atomic E-state index is 12.7. The van der Waals surface area contributed by atoms with Gasteiger partial charge in [0, 0.05) is 5.56 Å². The van der Waals surface area contributed by atoms with Crippen molar-refractivity contribution in [3.05, 3.63) is 64.0 Å². The van der Waals surface area contributed by atoms with Crippen molar-refractivity contribution < 1.29 is 14.7 Å². The number of fused-ring (bicyclic) bond motifs is 1. The monoisotopic (exact) mass is 410 g/mol. The molecule has 2 aromatic carbocycles. The molecule has 0 saturated carbocycles. The van der Waals surface area contributed by atoms with Crippen molar-refractivity contribution in [2.45, 2.75) is 52.5 Å². The Labute approximate surface area is 174 Å². The van der Waals surface area contributed by atoms with Crippen LogP contribution in [0, 0.1) is 6.92 Å². The Morgan fingerprint density at radius 3 is 2.48 bits per heavy atom.